The third kappa shape index (κ3) is 3.04. The number of nitrogens with zero attached hydrogens (tertiary/aromatic N) is 3. The summed E-state index contributed by atoms with van der Waals surface area (Å²) in [6, 6.07) is 18.2. The molecular formula is C21H18FN3O. The lowest BCUT2D eigenvalue weighted by Gasteiger charge is -2.16. The normalized spacial score (nSPS) is 12.3. The lowest BCUT2D eigenvalue weighted by Crippen LogP contribution is -2.10. The van der Waals surface area contributed by atoms with Gasteiger partial charge in [-0.3, -0.25) is 0 Å². The molecule has 1 atom stereocenters. The van der Waals surface area contributed by atoms with Crippen molar-refractivity contribution in [1.29, 1.82) is 0 Å². The van der Waals surface area contributed by atoms with Crippen molar-refractivity contribution >= 4 is 5.65 Å². The molecule has 0 saturated carbocycles. The van der Waals surface area contributed by atoms with Crippen LogP contribution >= 0.6 is 0 Å². The summed E-state index contributed by atoms with van der Waals surface area (Å²) >= 11 is 0. The predicted molar refractivity (Wildman–Crippen MR) is 98.6 cm³/mol. The minimum atomic E-state index is -0.310. The first-order chi connectivity index (χ1) is 12.6. The summed E-state index contributed by atoms with van der Waals surface area (Å²) in [5.41, 5.74) is 3.90. The molecule has 0 aliphatic rings. The number of hydrogen-bond donors (Lipinski definition) is 0. The van der Waals surface area contributed by atoms with E-state index in [1.165, 1.54) is 6.07 Å². The summed E-state index contributed by atoms with van der Waals surface area (Å²) in [7, 11) is 0. The van der Waals surface area contributed by atoms with E-state index in [4.69, 9.17) is 4.74 Å². The molecular weight excluding hydrogens is 329 g/mol. The van der Waals surface area contributed by atoms with E-state index in [1.807, 2.05) is 56.3 Å². The fourth-order valence-electron chi connectivity index (χ4n) is 3.02. The highest BCUT2D eigenvalue weighted by atomic mass is 19.1. The molecule has 0 N–H and O–H groups in total. The Balaban J connectivity index is 1.61. The second-order valence-electron chi connectivity index (χ2n) is 6.19. The van der Waals surface area contributed by atoms with Gasteiger partial charge in [-0.2, -0.15) is 5.10 Å². The molecule has 2 aromatic heterocycles. The van der Waals surface area contributed by atoms with Crippen molar-refractivity contribution < 1.29 is 9.13 Å². The van der Waals surface area contributed by atoms with Gasteiger partial charge in [-0.15, -0.1) is 0 Å². The SMILES string of the molecule is Cc1cc2nccc(C(C)Oc3ccc(-c4ccccc4)c(F)c3)n2n1. The molecule has 0 fully saturated rings. The van der Waals surface area contributed by atoms with E-state index >= 15 is 0 Å². The van der Waals surface area contributed by atoms with E-state index in [1.54, 1.807) is 22.8 Å². The van der Waals surface area contributed by atoms with Gasteiger partial charge in [0, 0.05) is 23.9 Å². The minimum absolute atomic E-state index is 0.304. The Kier molecular flexibility index (Phi) is 4.13. The first kappa shape index (κ1) is 16.3. The maximum Gasteiger partial charge on any atom is 0.155 e. The predicted octanol–water partition coefficient (Wildman–Crippen LogP) is 4.98. The molecule has 0 bridgehead atoms. The molecule has 0 aliphatic carbocycles. The van der Waals surface area contributed by atoms with E-state index in [0.29, 0.717) is 11.3 Å². The van der Waals surface area contributed by atoms with Crippen LogP contribution in [0.3, 0.4) is 0 Å². The average Bonchev–Trinajstić information content (AvgIpc) is 3.02. The summed E-state index contributed by atoms with van der Waals surface area (Å²) in [5.74, 6) is 0.166. The number of benzene rings is 2. The van der Waals surface area contributed by atoms with Crippen molar-refractivity contribution in [2.45, 2.75) is 20.0 Å². The van der Waals surface area contributed by atoms with Gasteiger partial charge in [-0.1, -0.05) is 30.3 Å². The van der Waals surface area contributed by atoms with Crippen LogP contribution in [-0.2, 0) is 0 Å². The van der Waals surface area contributed by atoms with E-state index in [0.717, 1.165) is 22.6 Å². The molecule has 130 valence electrons. The third-order valence-corrected chi connectivity index (χ3v) is 4.26. The van der Waals surface area contributed by atoms with Crippen LogP contribution in [0.5, 0.6) is 5.75 Å². The Hall–Kier alpha value is -3.21. The lowest BCUT2D eigenvalue weighted by atomic mass is 10.1. The summed E-state index contributed by atoms with van der Waals surface area (Å²) < 4.78 is 22.3. The Labute approximate surface area is 150 Å². The lowest BCUT2D eigenvalue weighted by molar-refractivity contribution is 0.218. The Bertz CT molecular complexity index is 1060. The van der Waals surface area contributed by atoms with Crippen molar-refractivity contribution in [2.75, 3.05) is 0 Å². The number of fused-ring (bicyclic) bond motifs is 1. The zero-order valence-electron chi connectivity index (χ0n) is 14.6. The fraction of sp³-hybridized carbons (Fsp3) is 0.143. The molecule has 4 rings (SSSR count). The van der Waals surface area contributed by atoms with Crippen LogP contribution in [0.2, 0.25) is 0 Å². The van der Waals surface area contributed by atoms with Crippen molar-refractivity contribution in [3.63, 3.8) is 0 Å². The molecule has 2 aromatic carbocycles. The van der Waals surface area contributed by atoms with Gasteiger partial charge in [-0.05, 0) is 37.6 Å². The zero-order valence-corrected chi connectivity index (χ0v) is 14.6. The number of aryl methyl sites for hydroxylation is 1. The monoisotopic (exact) mass is 347 g/mol. The molecule has 0 spiro atoms. The molecule has 26 heavy (non-hydrogen) atoms. The van der Waals surface area contributed by atoms with Gasteiger partial charge in [-0.25, -0.2) is 13.9 Å². The molecule has 0 radical (unpaired) electrons. The highest BCUT2D eigenvalue weighted by Gasteiger charge is 2.14. The summed E-state index contributed by atoms with van der Waals surface area (Å²) in [6.45, 7) is 3.83. The molecule has 2 heterocycles. The van der Waals surface area contributed by atoms with Gasteiger partial charge >= 0.3 is 0 Å². The van der Waals surface area contributed by atoms with Gasteiger partial charge < -0.3 is 4.74 Å². The standard InChI is InChI=1S/C21H18FN3O/c1-14-12-21-23-11-10-20(25(21)24-14)15(2)26-17-8-9-18(19(22)13-17)16-6-4-3-5-7-16/h3-13,15H,1-2H3. The van der Waals surface area contributed by atoms with Crippen molar-refractivity contribution in [1.82, 2.24) is 14.6 Å². The highest BCUT2D eigenvalue weighted by molar-refractivity contribution is 5.64. The number of halogens is 1. The largest absolute Gasteiger partial charge is 0.484 e. The first-order valence-electron chi connectivity index (χ1n) is 8.45. The van der Waals surface area contributed by atoms with Crippen molar-refractivity contribution in [2.24, 2.45) is 0 Å². The quantitative estimate of drug-likeness (QED) is 0.522. The van der Waals surface area contributed by atoms with Crippen molar-refractivity contribution in [3.05, 3.63) is 84.1 Å². The molecule has 5 heteroatoms. The maximum atomic E-state index is 14.5. The van der Waals surface area contributed by atoms with Gasteiger partial charge in [0.05, 0.1) is 11.4 Å². The number of aromatic nitrogens is 3. The highest BCUT2D eigenvalue weighted by Crippen LogP contribution is 2.28. The first-order valence-corrected chi connectivity index (χ1v) is 8.45. The Morgan fingerprint density at radius 1 is 1.04 bits per heavy atom. The zero-order chi connectivity index (χ0) is 18.1. The Morgan fingerprint density at radius 2 is 1.85 bits per heavy atom. The van der Waals surface area contributed by atoms with Crippen LogP contribution < -0.4 is 4.74 Å². The van der Waals surface area contributed by atoms with E-state index in [-0.39, 0.29) is 11.9 Å². The number of hydrogen-bond acceptors (Lipinski definition) is 3. The minimum Gasteiger partial charge on any atom is -0.484 e. The van der Waals surface area contributed by atoms with Gasteiger partial charge in [0.2, 0.25) is 0 Å². The summed E-state index contributed by atoms with van der Waals surface area (Å²) in [6.07, 6.45) is 1.42. The van der Waals surface area contributed by atoms with Crippen LogP contribution in [0.1, 0.15) is 24.4 Å². The van der Waals surface area contributed by atoms with Gasteiger partial charge in [0.25, 0.3) is 0 Å². The maximum absolute atomic E-state index is 14.5. The molecule has 1 unspecified atom stereocenters. The van der Waals surface area contributed by atoms with Crippen LogP contribution in [-0.4, -0.2) is 14.6 Å². The van der Waals surface area contributed by atoms with E-state index in [9.17, 15) is 4.39 Å². The smallest absolute Gasteiger partial charge is 0.155 e. The third-order valence-electron chi connectivity index (χ3n) is 4.26. The van der Waals surface area contributed by atoms with Crippen LogP contribution in [0.15, 0.2) is 66.9 Å². The molecule has 0 amide bonds. The number of ether oxygens (including phenoxy) is 1. The van der Waals surface area contributed by atoms with Crippen LogP contribution in [0, 0.1) is 12.7 Å². The molecule has 0 aliphatic heterocycles. The summed E-state index contributed by atoms with van der Waals surface area (Å²) in [4.78, 5) is 4.30. The topological polar surface area (TPSA) is 39.4 Å². The molecule has 0 saturated heterocycles. The fourth-order valence-corrected chi connectivity index (χ4v) is 3.02. The second kappa shape index (κ2) is 6.59. The van der Waals surface area contributed by atoms with E-state index in [2.05, 4.69) is 10.1 Å². The number of rotatable bonds is 4. The summed E-state index contributed by atoms with van der Waals surface area (Å²) in [5, 5.41) is 4.45. The van der Waals surface area contributed by atoms with Gasteiger partial charge in [0.1, 0.15) is 17.7 Å². The van der Waals surface area contributed by atoms with Crippen LogP contribution in [0.25, 0.3) is 16.8 Å². The van der Waals surface area contributed by atoms with E-state index < -0.39 is 0 Å². The van der Waals surface area contributed by atoms with Crippen LogP contribution in [0.4, 0.5) is 4.39 Å². The Morgan fingerprint density at radius 3 is 2.62 bits per heavy atom. The molecule has 4 nitrogen and oxygen atoms in total. The van der Waals surface area contributed by atoms with Crippen molar-refractivity contribution in [3.8, 4) is 16.9 Å². The van der Waals surface area contributed by atoms with Gasteiger partial charge in [0.15, 0.2) is 5.65 Å². The molecule has 4 aromatic rings. The second-order valence-corrected chi connectivity index (χ2v) is 6.19. The average molecular weight is 347 g/mol.